The van der Waals surface area contributed by atoms with Gasteiger partial charge in [-0.15, -0.1) is 0 Å². The van der Waals surface area contributed by atoms with Crippen LogP contribution in [-0.4, -0.2) is 13.3 Å². The average Bonchev–Trinajstić information content (AvgIpc) is 3.19. The van der Waals surface area contributed by atoms with Crippen LogP contribution in [-0.2, 0) is 10.0 Å². The second kappa shape index (κ2) is 8.60. The molecule has 9 heteroatoms. The van der Waals surface area contributed by atoms with E-state index in [1.54, 1.807) is 18.2 Å². The zero-order chi connectivity index (χ0) is 21.0. The van der Waals surface area contributed by atoms with Gasteiger partial charge in [-0.2, -0.15) is 4.72 Å². The number of aryl methyl sites for hydroxylation is 1. The molecule has 0 fully saturated rings. The van der Waals surface area contributed by atoms with Gasteiger partial charge in [-0.3, -0.25) is 10.1 Å². The smallest absolute Gasteiger partial charge is 0.272 e. The first kappa shape index (κ1) is 20.8. The molecule has 1 atom stereocenters. The molecule has 3 rings (SSSR count). The summed E-state index contributed by atoms with van der Waals surface area (Å²) in [6, 6.07) is 14.2. The van der Waals surface area contributed by atoms with E-state index in [4.69, 9.17) is 16.0 Å². The van der Waals surface area contributed by atoms with E-state index in [0.717, 1.165) is 5.56 Å². The van der Waals surface area contributed by atoms with Gasteiger partial charge in [0, 0.05) is 5.02 Å². The Morgan fingerprint density at radius 2 is 1.79 bits per heavy atom. The first-order valence-corrected chi connectivity index (χ1v) is 10.4. The largest absolute Gasteiger partial charge is 0.465 e. The number of nitro groups is 1. The minimum atomic E-state index is -4.05. The number of hydrogen-bond acceptors (Lipinski definition) is 5. The molecule has 1 N–H and O–H groups in total. The van der Waals surface area contributed by atoms with Crippen molar-refractivity contribution in [2.45, 2.75) is 17.9 Å². The molecule has 1 heterocycles. The highest BCUT2D eigenvalue weighted by Crippen LogP contribution is 2.28. The van der Waals surface area contributed by atoms with Crippen molar-refractivity contribution < 1.29 is 17.8 Å². The van der Waals surface area contributed by atoms with Gasteiger partial charge >= 0.3 is 0 Å². The summed E-state index contributed by atoms with van der Waals surface area (Å²) in [6.45, 7) is 1.83. The lowest BCUT2D eigenvalue weighted by molar-refractivity contribution is -0.429. The lowest BCUT2D eigenvalue weighted by Gasteiger charge is -2.17. The molecule has 0 aliphatic heterocycles. The zero-order valence-corrected chi connectivity index (χ0v) is 16.9. The predicted octanol–water partition coefficient (Wildman–Crippen LogP) is 4.58. The fourth-order valence-corrected chi connectivity index (χ4v) is 3.98. The van der Waals surface area contributed by atoms with Crippen molar-refractivity contribution in [3.8, 4) is 0 Å². The monoisotopic (exact) mass is 432 g/mol. The molecule has 150 valence electrons. The molecule has 0 spiro atoms. The number of nitrogens with zero attached hydrogens (tertiary/aromatic N) is 1. The van der Waals surface area contributed by atoms with Crippen molar-refractivity contribution in [2.75, 3.05) is 0 Å². The summed E-state index contributed by atoms with van der Waals surface area (Å²) < 4.78 is 33.4. The number of benzene rings is 2. The fraction of sp³-hybridized carbons (Fsp3) is 0.100. The van der Waals surface area contributed by atoms with Crippen LogP contribution in [0.4, 0.5) is 0 Å². The third kappa shape index (κ3) is 5.11. The van der Waals surface area contributed by atoms with Gasteiger partial charge in [-0.1, -0.05) is 41.4 Å². The summed E-state index contributed by atoms with van der Waals surface area (Å²) >= 11 is 5.92. The molecule has 7 nitrogen and oxygen atoms in total. The molecular weight excluding hydrogens is 416 g/mol. The number of furan rings is 1. The van der Waals surface area contributed by atoms with Crippen LogP contribution in [0, 0.1) is 17.0 Å². The molecule has 0 aliphatic rings. The van der Waals surface area contributed by atoms with Gasteiger partial charge in [0.25, 0.3) is 5.70 Å². The quantitative estimate of drug-likeness (QED) is 0.435. The van der Waals surface area contributed by atoms with Crippen LogP contribution in [0.15, 0.2) is 81.9 Å². The van der Waals surface area contributed by atoms with Crippen LogP contribution in [0.3, 0.4) is 0 Å². The molecule has 1 aromatic heterocycles. The summed E-state index contributed by atoms with van der Waals surface area (Å²) in [7, 11) is -4.05. The van der Waals surface area contributed by atoms with Gasteiger partial charge in [0.15, 0.2) is 0 Å². The first-order chi connectivity index (χ1) is 13.8. The van der Waals surface area contributed by atoms with Crippen molar-refractivity contribution in [1.82, 2.24) is 4.72 Å². The standard InChI is InChI=1S/C20H17ClN2O5S/c1-14-4-10-18(11-5-14)29(26,27)22-20(15-6-8-16(21)9-7-15)19(23(24)25)13-17-3-2-12-28-17/h2-13,20,22H,1H3/b19-13-/t20-/m1/s1. The molecule has 3 aromatic rings. The highest BCUT2D eigenvalue weighted by atomic mass is 35.5. The van der Waals surface area contributed by atoms with E-state index in [0.29, 0.717) is 10.6 Å². The summed E-state index contributed by atoms with van der Waals surface area (Å²) in [5, 5.41) is 12.2. The maximum atomic E-state index is 12.9. The van der Waals surface area contributed by atoms with Crippen molar-refractivity contribution in [3.63, 3.8) is 0 Å². The Kier molecular flexibility index (Phi) is 6.17. The molecule has 0 saturated carbocycles. The maximum absolute atomic E-state index is 12.9. The van der Waals surface area contributed by atoms with E-state index in [2.05, 4.69) is 4.72 Å². The Morgan fingerprint density at radius 3 is 2.34 bits per heavy atom. The Bertz CT molecular complexity index is 1120. The minimum absolute atomic E-state index is 0.00256. The minimum Gasteiger partial charge on any atom is -0.465 e. The highest BCUT2D eigenvalue weighted by molar-refractivity contribution is 7.89. The summed E-state index contributed by atoms with van der Waals surface area (Å²) in [5.41, 5.74) is 0.861. The molecule has 0 unspecified atom stereocenters. The topological polar surface area (TPSA) is 102 Å². The molecule has 0 saturated heterocycles. The van der Waals surface area contributed by atoms with Crippen LogP contribution in [0.1, 0.15) is 22.9 Å². The Balaban J connectivity index is 2.08. The first-order valence-electron chi connectivity index (χ1n) is 8.50. The van der Waals surface area contributed by atoms with Crippen molar-refractivity contribution >= 4 is 27.7 Å². The normalized spacial score (nSPS) is 13.2. The number of hydrogen-bond donors (Lipinski definition) is 1. The van der Waals surface area contributed by atoms with Crippen molar-refractivity contribution in [2.24, 2.45) is 0 Å². The molecule has 0 radical (unpaired) electrons. The molecule has 0 amide bonds. The van der Waals surface area contributed by atoms with Gasteiger partial charge in [0.1, 0.15) is 11.8 Å². The number of nitrogens with one attached hydrogen (secondary N) is 1. The Hall–Kier alpha value is -2.94. The van der Waals surface area contributed by atoms with Gasteiger partial charge in [0.05, 0.1) is 22.2 Å². The summed E-state index contributed by atoms with van der Waals surface area (Å²) in [5.74, 6) is 0.227. The van der Waals surface area contributed by atoms with Gasteiger partial charge < -0.3 is 4.42 Å². The third-order valence-electron chi connectivity index (χ3n) is 4.15. The van der Waals surface area contributed by atoms with Crippen LogP contribution in [0.5, 0.6) is 0 Å². The lowest BCUT2D eigenvalue weighted by atomic mass is 10.0. The van der Waals surface area contributed by atoms with Crippen LogP contribution in [0.25, 0.3) is 6.08 Å². The molecule has 29 heavy (non-hydrogen) atoms. The number of halogens is 1. The SMILES string of the molecule is Cc1ccc(S(=O)(=O)N[C@@H](/C(=C/c2ccco2)[N+](=O)[O-])c2ccc(Cl)cc2)cc1. The average molecular weight is 433 g/mol. The van der Waals surface area contributed by atoms with Gasteiger partial charge in [0.2, 0.25) is 10.0 Å². The highest BCUT2D eigenvalue weighted by Gasteiger charge is 2.32. The van der Waals surface area contributed by atoms with E-state index in [1.165, 1.54) is 54.8 Å². The van der Waals surface area contributed by atoms with Crippen LogP contribution in [0.2, 0.25) is 5.02 Å². The van der Waals surface area contributed by atoms with E-state index in [9.17, 15) is 18.5 Å². The second-order valence-electron chi connectivity index (χ2n) is 6.26. The Labute approximate surface area is 172 Å². The van der Waals surface area contributed by atoms with Gasteiger partial charge in [-0.05, 0) is 48.9 Å². The van der Waals surface area contributed by atoms with Crippen LogP contribution < -0.4 is 4.72 Å². The number of sulfonamides is 1. The molecule has 2 aromatic carbocycles. The second-order valence-corrected chi connectivity index (χ2v) is 8.41. The van der Waals surface area contributed by atoms with Crippen LogP contribution >= 0.6 is 11.6 Å². The maximum Gasteiger partial charge on any atom is 0.272 e. The predicted molar refractivity (Wildman–Crippen MR) is 109 cm³/mol. The van der Waals surface area contributed by atoms with Crippen molar-refractivity contribution in [1.29, 1.82) is 0 Å². The fourth-order valence-electron chi connectivity index (χ4n) is 2.66. The summed E-state index contributed by atoms with van der Waals surface area (Å²) in [4.78, 5) is 11.2. The molecule has 0 bridgehead atoms. The van der Waals surface area contributed by atoms with Gasteiger partial charge in [-0.25, -0.2) is 8.42 Å². The van der Waals surface area contributed by atoms with E-state index in [1.807, 2.05) is 6.92 Å². The third-order valence-corrected chi connectivity index (χ3v) is 5.84. The van der Waals surface area contributed by atoms with E-state index < -0.39 is 26.7 Å². The van der Waals surface area contributed by atoms with E-state index in [-0.39, 0.29) is 10.7 Å². The molecule has 0 aliphatic carbocycles. The summed E-state index contributed by atoms with van der Waals surface area (Å²) in [6.07, 6.45) is 2.56. The molecular formula is C20H17ClN2O5S. The van der Waals surface area contributed by atoms with Crippen molar-refractivity contribution in [3.05, 3.63) is 105 Å². The number of rotatable bonds is 7. The van der Waals surface area contributed by atoms with E-state index >= 15 is 0 Å². The lowest BCUT2D eigenvalue weighted by Crippen LogP contribution is -2.32. The zero-order valence-electron chi connectivity index (χ0n) is 15.3. The Morgan fingerprint density at radius 1 is 1.14 bits per heavy atom.